The minimum Gasteiger partial charge on any atom is -0.436 e. The highest BCUT2D eigenvalue weighted by Crippen LogP contribution is 2.23. The van der Waals surface area contributed by atoms with Crippen molar-refractivity contribution in [1.29, 1.82) is 0 Å². The smallest absolute Gasteiger partial charge is 0.436 e. The first kappa shape index (κ1) is 17.3. The summed E-state index contributed by atoms with van der Waals surface area (Å²) >= 11 is 0. The van der Waals surface area contributed by atoms with Crippen LogP contribution in [0.1, 0.15) is 34.1 Å². The van der Waals surface area contributed by atoms with Gasteiger partial charge in [0, 0.05) is 19.2 Å². The van der Waals surface area contributed by atoms with Gasteiger partial charge >= 0.3 is 14.8 Å². The number of hydrogen-bond acceptors (Lipinski definition) is 5. The van der Waals surface area contributed by atoms with Gasteiger partial charge in [0.05, 0.1) is 5.60 Å². The molecule has 0 N–H and O–H groups in total. The lowest BCUT2D eigenvalue weighted by molar-refractivity contribution is -0.147. The van der Waals surface area contributed by atoms with Crippen molar-refractivity contribution >= 4 is 14.8 Å². The fourth-order valence-electron chi connectivity index (χ4n) is 1.36. The number of carbonyl (C=O) groups is 1. The van der Waals surface area contributed by atoms with Crippen LogP contribution in [0.5, 0.6) is 0 Å². The van der Waals surface area contributed by atoms with Crippen molar-refractivity contribution < 1.29 is 22.8 Å². The van der Waals surface area contributed by atoms with Crippen LogP contribution in [0.15, 0.2) is 12.7 Å². The largest absolute Gasteiger partial charge is 0.503 e. The van der Waals surface area contributed by atoms with Crippen LogP contribution in [0.2, 0.25) is 6.04 Å². The number of hydrogen-bond donors (Lipinski definition) is 0. The molecule has 0 bridgehead atoms. The van der Waals surface area contributed by atoms with E-state index in [4.69, 9.17) is 18.0 Å². The standard InChI is InChI=1S/C12H24O5Si/c1-7-9-18(14-6,17-12(3,4)5)16-10-15-11(13)8-2/h8H,2,7,9-10H2,1,3-6H3. The average molecular weight is 276 g/mol. The quantitative estimate of drug-likeness (QED) is 0.295. The molecule has 1 atom stereocenters. The highest BCUT2D eigenvalue weighted by molar-refractivity contribution is 6.60. The summed E-state index contributed by atoms with van der Waals surface area (Å²) in [5, 5.41) is 0. The fraction of sp³-hybridized carbons (Fsp3) is 0.750. The number of carbonyl (C=O) groups excluding carboxylic acids is 1. The third-order valence-corrected chi connectivity index (χ3v) is 5.19. The van der Waals surface area contributed by atoms with Gasteiger partial charge in [0.15, 0.2) is 6.79 Å². The molecule has 0 saturated carbocycles. The van der Waals surface area contributed by atoms with Crippen LogP contribution in [-0.2, 0) is 22.8 Å². The molecule has 1 unspecified atom stereocenters. The summed E-state index contributed by atoms with van der Waals surface area (Å²) in [7, 11) is -1.24. The van der Waals surface area contributed by atoms with Crippen LogP contribution >= 0.6 is 0 Å². The van der Waals surface area contributed by atoms with Crippen LogP contribution in [0.4, 0.5) is 0 Å². The van der Waals surface area contributed by atoms with Gasteiger partial charge in [-0.2, -0.15) is 0 Å². The molecule has 0 heterocycles. The summed E-state index contributed by atoms with van der Waals surface area (Å²) in [6.07, 6.45) is 1.95. The zero-order valence-corrected chi connectivity index (χ0v) is 12.9. The maximum atomic E-state index is 10.9. The molecular weight excluding hydrogens is 252 g/mol. The molecule has 0 aliphatic carbocycles. The summed E-state index contributed by atoms with van der Waals surface area (Å²) in [6.45, 7) is 10.9. The lowest BCUT2D eigenvalue weighted by atomic mass is 10.2. The highest BCUT2D eigenvalue weighted by atomic mass is 28.4. The highest BCUT2D eigenvalue weighted by Gasteiger charge is 2.43. The molecule has 0 aliphatic heterocycles. The third kappa shape index (κ3) is 6.90. The maximum absolute atomic E-state index is 10.9. The zero-order chi connectivity index (χ0) is 14.2. The minimum atomic E-state index is -2.80. The predicted octanol–water partition coefficient (Wildman–Crippen LogP) is 2.50. The first-order chi connectivity index (χ1) is 8.28. The normalized spacial score (nSPS) is 14.9. The van der Waals surface area contributed by atoms with Crippen LogP contribution in [0.3, 0.4) is 0 Å². The Balaban J connectivity index is 4.54. The predicted molar refractivity (Wildman–Crippen MR) is 70.9 cm³/mol. The van der Waals surface area contributed by atoms with E-state index in [0.29, 0.717) is 6.04 Å². The van der Waals surface area contributed by atoms with Crippen molar-refractivity contribution in [1.82, 2.24) is 0 Å². The van der Waals surface area contributed by atoms with Gasteiger partial charge in [-0.3, -0.25) is 0 Å². The van der Waals surface area contributed by atoms with Crippen molar-refractivity contribution in [2.45, 2.75) is 45.8 Å². The maximum Gasteiger partial charge on any atom is 0.503 e. The third-order valence-electron chi connectivity index (χ3n) is 1.98. The molecule has 106 valence electrons. The molecule has 0 radical (unpaired) electrons. The lowest BCUT2D eigenvalue weighted by Gasteiger charge is -2.34. The summed E-state index contributed by atoms with van der Waals surface area (Å²) in [5.41, 5.74) is -0.375. The van der Waals surface area contributed by atoms with Crippen LogP contribution in [0.25, 0.3) is 0 Å². The van der Waals surface area contributed by atoms with Gasteiger partial charge in [-0.05, 0) is 20.8 Å². The Morgan fingerprint density at radius 3 is 2.39 bits per heavy atom. The van der Waals surface area contributed by atoms with Crippen LogP contribution < -0.4 is 0 Å². The number of rotatable bonds is 8. The Hall–Kier alpha value is -0.693. The summed E-state index contributed by atoms with van der Waals surface area (Å²) in [5.74, 6) is -0.527. The second-order valence-electron chi connectivity index (χ2n) is 4.78. The molecular formula is C12H24O5Si. The van der Waals surface area contributed by atoms with E-state index in [9.17, 15) is 4.79 Å². The molecule has 0 aliphatic rings. The molecule has 0 rings (SSSR count). The zero-order valence-electron chi connectivity index (χ0n) is 11.9. The molecule has 0 amide bonds. The van der Waals surface area contributed by atoms with Crippen molar-refractivity contribution in [3.05, 3.63) is 12.7 Å². The second-order valence-corrected chi connectivity index (χ2v) is 7.55. The van der Waals surface area contributed by atoms with Gasteiger partial charge in [-0.25, -0.2) is 4.79 Å². The molecule has 6 heteroatoms. The van der Waals surface area contributed by atoms with Gasteiger partial charge in [0.1, 0.15) is 0 Å². The Bertz CT molecular complexity index is 274. The summed E-state index contributed by atoms with van der Waals surface area (Å²) in [6, 6.07) is 0.673. The SMILES string of the molecule is C=CC(=O)OCO[Si](CCC)(OC)OC(C)(C)C. The molecule has 0 aromatic rings. The Labute approximate surface area is 110 Å². The molecule has 0 spiro atoms. The molecule has 0 aromatic carbocycles. The first-order valence-corrected chi connectivity index (χ1v) is 7.90. The van der Waals surface area contributed by atoms with E-state index < -0.39 is 14.8 Å². The molecule has 0 saturated heterocycles. The van der Waals surface area contributed by atoms with E-state index >= 15 is 0 Å². The van der Waals surface area contributed by atoms with Crippen molar-refractivity contribution in [2.24, 2.45) is 0 Å². The molecule has 0 aromatic heterocycles. The number of esters is 1. The van der Waals surface area contributed by atoms with Gasteiger partial charge in [-0.15, -0.1) is 0 Å². The Morgan fingerprint density at radius 1 is 1.39 bits per heavy atom. The fourth-order valence-corrected chi connectivity index (χ4v) is 3.86. The Morgan fingerprint density at radius 2 is 2.00 bits per heavy atom. The number of ether oxygens (including phenoxy) is 1. The first-order valence-electron chi connectivity index (χ1n) is 5.97. The minimum absolute atomic E-state index is 0.180. The average Bonchev–Trinajstić information content (AvgIpc) is 2.26. The van der Waals surface area contributed by atoms with Crippen molar-refractivity contribution in [3.63, 3.8) is 0 Å². The second kappa shape index (κ2) is 7.68. The van der Waals surface area contributed by atoms with Crippen LogP contribution in [0, 0.1) is 0 Å². The topological polar surface area (TPSA) is 54.0 Å². The van der Waals surface area contributed by atoms with Crippen molar-refractivity contribution in [2.75, 3.05) is 13.9 Å². The lowest BCUT2D eigenvalue weighted by Crippen LogP contribution is -2.50. The molecule has 0 fully saturated rings. The van der Waals surface area contributed by atoms with E-state index in [1.807, 2.05) is 27.7 Å². The molecule has 5 nitrogen and oxygen atoms in total. The van der Waals surface area contributed by atoms with Gasteiger partial charge in [0.2, 0.25) is 0 Å². The van der Waals surface area contributed by atoms with Crippen LogP contribution in [-0.4, -0.2) is 34.3 Å². The molecule has 18 heavy (non-hydrogen) atoms. The monoisotopic (exact) mass is 276 g/mol. The van der Waals surface area contributed by atoms with Gasteiger partial charge < -0.3 is 18.0 Å². The van der Waals surface area contributed by atoms with E-state index in [2.05, 4.69) is 6.58 Å². The summed E-state index contributed by atoms with van der Waals surface area (Å²) in [4.78, 5) is 10.9. The van der Waals surface area contributed by atoms with Gasteiger partial charge in [-0.1, -0.05) is 19.9 Å². The summed E-state index contributed by atoms with van der Waals surface area (Å²) < 4.78 is 21.7. The van der Waals surface area contributed by atoms with Gasteiger partial charge in [0.25, 0.3) is 0 Å². The Kier molecular flexibility index (Phi) is 7.38. The van der Waals surface area contributed by atoms with E-state index in [-0.39, 0.29) is 12.4 Å². The van der Waals surface area contributed by atoms with E-state index in [1.54, 1.807) is 7.11 Å². The van der Waals surface area contributed by atoms with E-state index in [1.165, 1.54) is 0 Å². The van der Waals surface area contributed by atoms with Crippen molar-refractivity contribution in [3.8, 4) is 0 Å². The van der Waals surface area contributed by atoms with E-state index in [0.717, 1.165) is 12.5 Å².